The van der Waals surface area contributed by atoms with Crippen molar-refractivity contribution in [2.45, 2.75) is 43.4 Å². The molecule has 1 aliphatic rings. The van der Waals surface area contributed by atoms with Crippen LogP contribution in [-0.4, -0.2) is 4.83 Å². The Morgan fingerprint density at radius 2 is 1.94 bits per heavy atom. The Labute approximate surface area is 112 Å². The summed E-state index contributed by atoms with van der Waals surface area (Å²) in [6.45, 7) is 0. The van der Waals surface area contributed by atoms with E-state index < -0.39 is 0 Å². The minimum Gasteiger partial charge on any atom is -0.0891 e. The first-order valence-corrected chi connectivity index (χ1v) is 7.42. The molecule has 0 nitrogen and oxygen atoms in total. The Morgan fingerprint density at radius 1 is 1.19 bits per heavy atom. The molecular weight excluding hydrogens is 284 g/mol. The largest absolute Gasteiger partial charge is 0.0891 e. The van der Waals surface area contributed by atoms with E-state index in [2.05, 4.69) is 28.1 Å². The number of hydrogen-bond donors (Lipinski definition) is 0. The van der Waals surface area contributed by atoms with Gasteiger partial charge in [-0.25, -0.2) is 0 Å². The van der Waals surface area contributed by atoms with E-state index >= 15 is 0 Å². The van der Waals surface area contributed by atoms with Gasteiger partial charge in [0.05, 0.1) is 0 Å². The van der Waals surface area contributed by atoms with Crippen LogP contribution in [0.2, 0.25) is 5.02 Å². The van der Waals surface area contributed by atoms with Gasteiger partial charge in [-0.05, 0) is 36.8 Å². The smallest absolute Gasteiger partial charge is 0.0438 e. The van der Waals surface area contributed by atoms with Crippen LogP contribution in [0.1, 0.15) is 37.7 Å². The summed E-state index contributed by atoms with van der Waals surface area (Å²) in [5, 5.41) is 0.929. The van der Waals surface area contributed by atoms with Crippen LogP contribution in [0.3, 0.4) is 0 Å². The normalized spacial score (nSPS) is 26.4. The van der Waals surface area contributed by atoms with Crippen molar-refractivity contribution < 1.29 is 0 Å². The molecule has 0 aromatic heterocycles. The summed E-state index contributed by atoms with van der Waals surface area (Å²) in [6.07, 6.45) is 7.87. The van der Waals surface area contributed by atoms with E-state index in [9.17, 15) is 0 Å². The van der Waals surface area contributed by atoms with Gasteiger partial charge < -0.3 is 0 Å². The van der Waals surface area contributed by atoms with Crippen molar-refractivity contribution in [3.8, 4) is 0 Å². The molecular formula is C14H18BrCl. The van der Waals surface area contributed by atoms with Crippen molar-refractivity contribution >= 4 is 27.5 Å². The van der Waals surface area contributed by atoms with E-state index in [1.54, 1.807) is 0 Å². The lowest BCUT2D eigenvalue weighted by Crippen LogP contribution is -2.08. The summed E-state index contributed by atoms with van der Waals surface area (Å²) >= 11 is 9.99. The van der Waals surface area contributed by atoms with Crippen LogP contribution in [0.4, 0.5) is 0 Å². The van der Waals surface area contributed by atoms with Crippen molar-refractivity contribution in [1.29, 1.82) is 0 Å². The van der Waals surface area contributed by atoms with Crippen molar-refractivity contribution in [3.63, 3.8) is 0 Å². The van der Waals surface area contributed by atoms with Gasteiger partial charge in [-0.3, -0.25) is 0 Å². The Balaban J connectivity index is 2.00. The molecule has 2 rings (SSSR count). The molecule has 2 heteroatoms. The second-order valence-corrected chi connectivity index (χ2v) is 6.48. The van der Waals surface area contributed by atoms with E-state index in [-0.39, 0.29) is 0 Å². The third-order valence-electron chi connectivity index (χ3n) is 3.44. The predicted molar refractivity (Wildman–Crippen MR) is 74.4 cm³/mol. The summed E-state index contributed by atoms with van der Waals surface area (Å²) in [5.41, 5.74) is 1.32. The lowest BCUT2D eigenvalue weighted by Gasteiger charge is -2.16. The molecule has 0 saturated heterocycles. The zero-order valence-corrected chi connectivity index (χ0v) is 11.8. The number of rotatable bonds is 2. The highest BCUT2D eigenvalue weighted by Gasteiger charge is 2.19. The highest BCUT2D eigenvalue weighted by Crippen LogP contribution is 2.31. The monoisotopic (exact) mass is 300 g/mol. The number of benzene rings is 1. The van der Waals surface area contributed by atoms with Crippen LogP contribution in [-0.2, 0) is 6.42 Å². The standard InChI is InChI=1S/C14H18BrCl/c15-13-7-3-1-5-11(10-13)9-12-6-2-4-8-14(12)16/h2,4,6,8,11,13H,1,3,5,7,9-10H2. The van der Waals surface area contributed by atoms with Crippen molar-refractivity contribution in [2.24, 2.45) is 5.92 Å². The fraction of sp³-hybridized carbons (Fsp3) is 0.571. The highest BCUT2D eigenvalue weighted by molar-refractivity contribution is 9.09. The summed E-state index contributed by atoms with van der Waals surface area (Å²) in [4.78, 5) is 0.711. The van der Waals surface area contributed by atoms with E-state index in [1.165, 1.54) is 37.7 Å². The molecule has 2 atom stereocenters. The quantitative estimate of drug-likeness (QED) is 0.518. The van der Waals surface area contributed by atoms with Gasteiger partial charge in [-0.2, -0.15) is 0 Å². The zero-order chi connectivity index (χ0) is 11.4. The van der Waals surface area contributed by atoms with Gasteiger partial charge in [0.25, 0.3) is 0 Å². The minimum atomic E-state index is 0.711. The first-order valence-electron chi connectivity index (χ1n) is 6.13. The molecule has 16 heavy (non-hydrogen) atoms. The van der Waals surface area contributed by atoms with E-state index in [0.29, 0.717) is 4.83 Å². The molecule has 1 aliphatic carbocycles. The first-order chi connectivity index (χ1) is 7.75. The summed E-state index contributed by atoms with van der Waals surface area (Å²) in [7, 11) is 0. The molecule has 88 valence electrons. The lowest BCUT2D eigenvalue weighted by atomic mass is 9.92. The first kappa shape index (κ1) is 12.4. The highest BCUT2D eigenvalue weighted by atomic mass is 79.9. The van der Waals surface area contributed by atoms with Crippen LogP contribution in [0.5, 0.6) is 0 Å². The van der Waals surface area contributed by atoms with E-state index in [0.717, 1.165) is 17.4 Å². The van der Waals surface area contributed by atoms with Crippen molar-refractivity contribution in [3.05, 3.63) is 34.9 Å². The Morgan fingerprint density at radius 3 is 2.75 bits per heavy atom. The van der Waals surface area contributed by atoms with Crippen LogP contribution < -0.4 is 0 Å². The van der Waals surface area contributed by atoms with Gasteiger partial charge >= 0.3 is 0 Å². The maximum Gasteiger partial charge on any atom is 0.0438 e. The maximum absolute atomic E-state index is 6.21. The molecule has 0 N–H and O–H groups in total. The second-order valence-electron chi connectivity index (χ2n) is 4.78. The predicted octanol–water partition coefficient (Wildman–Crippen LogP) is 5.23. The molecule has 0 bridgehead atoms. The number of halogens is 2. The zero-order valence-electron chi connectivity index (χ0n) is 9.46. The van der Waals surface area contributed by atoms with Gasteiger partial charge in [-0.1, -0.05) is 65.0 Å². The van der Waals surface area contributed by atoms with E-state index in [4.69, 9.17) is 11.6 Å². The molecule has 0 aliphatic heterocycles. The molecule has 1 saturated carbocycles. The number of alkyl halides is 1. The molecule has 0 spiro atoms. The van der Waals surface area contributed by atoms with Gasteiger partial charge in [0.15, 0.2) is 0 Å². The SMILES string of the molecule is Clc1ccccc1CC1CCCCC(Br)C1. The molecule has 1 aromatic carbocycles. The topological polar surface area (TPSA) is 0 Å². The Bertz CT molecular complexity index is 337. The molecule has 0 heterocycles. The average Bonchev–Trinajstić information content (AvgIpc) is 2.46. The van der Waals surface area contributed by atoms with Crippen molar-refractivity contribution in [2.75, 3.05) is 0 Å². The average molecular weight is 302 g/mol. The van der Waals surface area contributed by atoms with Gasteiger partial charge in [-0.15, -0.1) is 0 Å². The third-order valence-corrected chi connectivity index (χ3v) is 4.64. The van der Waals surface area contributed by atoms with Gasteiger partial charge in [0.2, 0.25) is 0 Å². The molecule has 2 unspecified atom stereocenters. The van der Waals surface area contributed by atoms with Crippen LogP contribution >= 0.6 is 27.5 Å². The molecule has 1 aromatic rings. The van der Waals surface area contributed by atoms with Gasteiger partial charge in [0, 0.05) is 9.85 Å². The fourth-order valence-corrected chi connectivity index (χ4v) is 3.62. The van der Waals surface area contributed by atoms with Crippen LogP contribution in [0, 0.1) is 5.92 Å². The van der Waals surface area contributed by atoms with Crippen LogP contribution in [0.25, 0.3) is 0 Å². The maximum atomic E-state index is 6.21. The molecule has 0 amide bonds. The summed E-state index contributed by atoms with van der Waals surface area (Å²) in [5.74, 6) is 0.798. The van der Waals surface area contributed by atoms with E-state index in [1.807, 2.05) is 12.1 Å². The van der Waals surface area contributed by atoms with Crippen LogP contribution in [0.15, 0.2) is 24.3 Å². The van der Waals surface area contributed by atoms with Gasteiger partial charge in [0.1, 0.15) is 0 Å². The Kier molecular flexibility index (Phi) is 4.72. The second kappa shape index (κ2) is 6.07. The number of hydrogen-bond acceptors (Lipinski definition) is 0. The summed E-state index contributed by atoms with van der Waals surface area (Å²) < 4.78 is 0. The Hall–Kier alpha value is -0.0100. The fourth-order valence-electron chi connectivity index (χ4n) is 2.56. The summed E-state index contributed by atoms with van der Waals surface area (Å²) in [6, 6.07) is 8.26. The van der Waals surface area contributed by atoms with Crippen molar-refractivity contribution in [1.82, 2.24) is 0 Å². The lowest BCUT2D eigenvalue weighted by molar-refractivity contribution is 0.464. The molecule has 0 radical (unpaired) electrons. The minimum absolute atomic E-state index is 0.711. The third kappa shape index (κ3) is 3.49. The molecule has 1 fully saturated rings.